The third-order valence-electron chi connectivity index (χ3n) is 3.70. The zero-order chi connectivity index (χ0) is 16.4. The average molecular weight is 386 g/mol. The van der Waals surface area contributed by atoms with Crippen LogP contribution < -0.4 is 0 Å². The highest BCUT2D eigenvalue weighted by Gasteiger charge is 2.17. The van der Waals surface area contributed by atoms with E-state index in [9.17, 15) is 4.79 Å². The van der Waals surface area contributed by atoms with Crippen LogP contribution in [0.15, 0.2) is 64.1 Å². The second-order valence-electron chi connectivity index (χ2n) is 5.43. The van der Waals surface area contributed by atoms with E-state index in [-0.39, 0.29) is 11.0 Å². The Morgan fingerprint density at radius 2 is 1.83 bits per heavy atom. The molecule has 0 fully saturated rings. The molecule has 0 saturated carbocycles. The van der Waals surface area contributed by atoms with Gasteiger partial charge in [0, 0.05) is 15.4 Å². The number of para-hydroxylation sites is 1. The highest BCUT2D eigenvalue weighted by Crippen LogP contribution is 2.28. The smallest absolute Gasteiger partial charge is 0.175 e. The normalized spacial score (nSPS) is 12.3. The van der Waals surface area contributed by atoms with Gasteiger partial charge in [-0.05, 0) is 43.7 Å². The maximum Gasteiger partial charge on any atom is 0.175 e. The van der Waals surface area contributed by atoms with Gasteiger partial charge in [0.1, 0.15) is 0 Å². The third kappa shape index (κ3) is 3.65. The number of fused-ring (bicyclic) bond motifs is 1. The molecule has 0 spiro atoms. The molecule has 1 atom stereocenters. The van der Waals surface area contributed by atoms with Crippen molar-refractivity contribution in [3.63, 3.8) is 0 Å². The van der Waals surface area contributed by atoms with Crippen LogP contribution in [-0.4, -0.2) is 16.0 Å². The first-order valence-electron chi connectivity index (χ1n) is 7.37. The SMILES string of the molecule is Cc1cc(S[C@H](C)C(=O)c2ccc(Br)cc2)nc2ccccc12. The molecule has 3 aromatic rings. The highest BCUT2D eigenvalue weighted by atomic mass is 79.9. The number of hydrogen-bond acceptors (Lipinski definition) is 3. The molecule has 0 saturated heterocycles. The van der Waals surface area contributed by atoms with Gasteiger partial charge >= 0.3 is 0 Å². The molecule has 0 N–H and O–H groups in total. The van der Waals surface area contributed by atoms with Gasteiger partial charge in [-0.25, -0.2) is 4.98 Å². The number of halogens is 1. The predicted molar refractivity (Wildman–Crippen MR) is 100 cm³/mol. The van der Waals surface area contributed by atoms with E-state index in [4.69, 9.17) is 0 Å². The maximum absolute atomic E-state index is 12.5. The fraction of sp³-hybridized carbons (Fsp3) is 0.158. The molecule has 116 valence electrons. The molecule has 0 amide bonds. The number of hydrogen-bond donors (Lipinski definition) is 0. The number of rotatable bonds is 4. The standard InChI is InChI=1S/C19H16BrNOS/c1-12-11-18(21-17-6-4-3-5-16(12)17)23-13(2)19(22)14-7-9-15(20)10-8-14/h3-11,13H,1-2H3/t13-/m1/s1. The quantitative estimate of drug-likeness (QED) is 0.428. The van der Waals surface area contributed by atoms with Gasteiger partial charge in [0.15, 0.2) is 5.78 Å². The second kappa shape index (κ2) is 6.85. The molecule has 0 radical (unpaired) electrons. The lowest BCUT2D eigenvalue weighted by Gasteiger charge is -2.11. The minimum absolute atomic E-state index is 0.120. The largest absolute Gasteiger partial charge is 0.293 e. The number of Topliss-reactive ketones (excluding diaryl/α,β-unsaturated/α-hetero) is 1. The van der Waals surface area contributed by atoms with Crippen LogP contribution in [0, 0.1) is 6.92 Å². The van der Waals surface area contributed by atoms with Gasteiger partial charge in [0.2, 0.25) is 0 Å². The molecule has 0 aliphatic heterocycles. The van der Waals surface area contributed by atoms with Crippen LogP contribution in [0.1, 0.15) is 22.8 Å². The summed E-state index contributed by atoms with van der Waals surface area (Å²) >= 11 is 4.90. The van der Waals surface area contributed by atoms with Crippen LogP contribution in [0.2, 0.25) is 0 Å². The lowest BCUT2D eigenvalue weighted by atomic mass is 10.1. The van der Waals surface area contributed by atoms with E-state index in [1.807, 2.05) is 49.4 Å². The van der Waals surface area contributed by atoms with E-state index in [1.165, 1.54) is 17.3 Å². The Morgan fingerprint density at radius 1 is 1.13 bits per heavy atom. The van der Waals surface area contributed by atoms with Crippen LogP contribution in [0.25, 0.3) is 10.9 Å². The van der Waals surface area contributed by atoms with Crippen molar-refractivity contribution >= 4 is 44.4 Å². The van der Waals surface area contributed by atoms with Crippen molar-refractivity contribution in [1.29, 1.82) is 0 Å². The monoisotopic (exact) mass is 385 g/mol. The summed E-state index contributed by atoms with van der Waals surface area (Å²) in [6.07, 6.45) is 0. The molecule has 0 unspecified atom stereocenters. The molecular weight excluding hydrogens is 370 g/mol. The Kier molecular flexibility index (Phi) is 4.83. The van der Waals surface area contributed by atoms with Crippen molar-refractivity contribution in [2.24, 2.45) is 0 Å². The summed E-state index contributed by atoms with van der Waals surface area (Å²) in [6.45, 7) is 4.01. The summed E-state index contributed by atoms with van der Waals surface area (Å²) in [5, 5.41) is 1.87. The first-order chi connectivity index (χ1) is 11.0. The number of carbonyl (C=O) groups is 1. The van der Waals surface area contributed by atoms with Crippen LogP contribution in [0.4, 0.5) is 0 Å². The Hall–Kier alpha value is -1.65. The number of carbonyl (C=O) groups excluding carboxylic acids is 1. The summed E-state index contributed by atoms with van der Waals surface area (Å²) in [5.74, 6) is 0.120. The number of aryl methyl sites for hydroxylation is 1. The van der Waals surface area contributed by atoms with Crippen molar-refractivity contribution in [3.8, 4) is 0 Å². The summed E-state index contributed by atoms with van der Waals surface area (Å²) in [5.41, 5.74) is 2.88. The van der Waals surface area contributed by atoms with E-state index in [1.54, 1.807) is 0 Å². The first-order valence-corrected chi connectivity index (χ1v) is 9.04. The Morgan fingerprint density at radius 3 is 2.57 bits per heavy atom. The zero-order valence-corrected chi connectivity index (χ0v) is 15.3. The number of aromatic nitrogens is 1. The average Bonchev–Trinajstić information content (AvgIpc) is 2.55. The minimum Gasteiger partial charge on any atom is -0.293 e. The van der Waals surface area contributed by atoms with Gasteiger partial charge in [-0.15, -0.1) is 0 Å². The highest BCUT2D eigenvalue weighted by molar-refractivity contribution is 9.10. The van der Waals surface area contributed by atoms with Crippen LogP contribution in [0.3, 0.4) is 0 Å². The number of nitrogens with zero attached hydrogens (tertiary/aromatic N) is 1. The fourth-order valence-electron chi connectivity index (χ4n) is 2.46. The van der Waals surface area contributed by atoms with Gasteiger partial charge in [-0.3, -0.25) is 4.79 Å². The van der Waals surface area contributed by atoms with E-state index in [0.29, 0.717) is 0 Å². The fourth-order valence-corrected chi connectivity index (χ4v) is 3.73. The van der Waals surface area contributed by atoms with Crippen LogP contribution in [-0.2, 0) is 0 Å². The molecule has 1 heterocycles. The summed E-state index contributed by atoms with van der Waals surface area (Å²) in [7, 11) is 0. The molecule has 0 bridgehead atoms. The van der Waals surface area contributed by atoms with E-state index in [2.05, 4.69) is 40.0 Å². The third-order valence-corrected chi connectivity index (χ3v) is 5.24. The van der Waals surface area contributed by atoms with Crippen molar-refractivity contribution in [1.82, 2.24) is 4.98 Å². The van der Waals surface area contributed by atoms with E-state index < -0.39 is 0 Å². The van der Waals surface area contributed by atoms with Gasteiger partial charge in [-0.2, -0.15) is 0 Å². The van der Waals surface area contributed by atoms with Gasteiger partial charge in [0.05, 0.1) is 15.8 Å². The topological polar surface area (TPSA) is 30.0 Å². The molecule has 1 aromatic heterocycles. The lowest BCUT2D eigenvalue weighted by molar-refractivity contribution is 0.0994. The minimum atomic E-state index is -0.177. The summed E-state index contributed by atoms with van der Waals surface area (Å²) < 4.78 is 0.973. The zero-order valence-electron chi connectivity index (χ0n) is 12.9. The number of pyridine rings is 1. The number of thioether (sulfide) groups is 1. The first kappa shape index (κ1) is 16.2. The lowest BCUT2D eigenvalue weighted by Crippen LogP contribution is -2.13. The Bertz CT molecular complexity index is 861. The maximum atomic E-state index is 12.5. The molecule has 0 aliphatic rings. The number of ketones is 1. The van der Waals surface area contributed by atoms with Crippen molar-refractivity contribution in [2.45, 2.75) is 24.1 Å². The predicted octanol–water partition coefficient (Wildman–Crippen LogP) is 5.67. The van der Waals surface area contributed by atoms with Crippen LogP contribution in [0.5, 0.6) is 0 Å². The van der Waals surface area contributed by atoms with Gasteiger partial charge in [0.25, 0.3) is 0 Å². The summed E-state index contributed by atoms with van der Waals surface area (Å²) in [4.78, 5) is 17.2. The van der Waals surface area contributed by atoms with Gasteiger partial charge < -0.3 is 0 Å². The van der Waals surface area contributed by atoms with Gasteiger partial charge in [-0.1, -0.05) is 58.0 Å². The molecule has 23 heavy (non-hydrogen) atoms. The second-order valence-corrected chi connectivity index (χ2v) is 7.70. The molecule has 3 rings (SSSR count). The van der Waals surface area contributed by atoms with Crippen molar-refractivity contribution in [3.05, 3.63) is 70.2 Å². The van der Waals surface area contributed by atoms with E-state index >= 15 is 0 Å². The Labute approximate surface area is 148 Å². The molecule has 2 aromatic carbocycles. The Balaban J connectivity index is 1.83. The molecular formula is C19H16BrNOS. The van der Waals surface area contributed by atoms with Crippen molar-refractivity contribution < 1.29 is 4.79 Å². The molecule has 4 heteroatoms. The number of benzene rings is 2. The molecule has 2 nitrogen and oxygen atoms in total. The van der Waals surface area contributed by atoms with Crippen LogP contribution >= 0.6 is 27.7 Å². The summed E-state index contributed by atoms with van der Waals surface area (Å²) in [6, 6.07) is 17.6. The van der Waals surface area contributed by atoms with Crippen molar-refractivity contribution in [2.75, 3.05) is 0 Å². The molecule has 0 aliphatic carbocycles. The van der Waals surface area contributed by atoms with E-state index in [0.717, 1.165) is 26.0 Å².